The zero-order valence-electron chi connectivity index (χ0n) is 9.76. The molecule has 1 aliphatic rings. The SMILES string of the molecule is Nc1c2c(nn1-c1nc3ccccc3s1)CCC2. The van der Waals surface area contributed by atoms with Gasteiger partial charge in [0.15, 0.2) is 0 Å². The minimum absolute atomic E-state index is 0.765. The van der Waals surface area contributed by atoms with Gasteiger partial charge in [0.2, 0.25) is 5.13 Å². The van der Waals surface area contributed by atoms with Crippen molar-refractivity contribution in [3.63, 3.8) is 0 Å². The second-order valence-corrected chi connectivity index (χ2v) is 5.55. The Morgan fingerprint density at radius 1 is 1.22 bits per heavy atom. The molecule has 0 amide bonds. The second-order valence-electron chi connectivity index (χ2n) is 4.54. The van der Waals surface area contributed by atoms with Crippen LogP contribution >= 0.6 is 11.3 Å². The van der Waals surface area contributed by atoms with E-state index >= 15 is 0 Å². The van der Waals surface area contributed by atoms with Crippen molar-refractivity contribution in [2.24, 2.45) is 0 Å². The first-order chi connectivity index (χ1) is 8.83. The molecule has 1 aromatic carbocycles. The van der Waals surface area contributed by atoms with Crippen molar-refractivity contribution in [1.29, 1.82) is 0 Å². The van der Waals surface area contributed by atoms with Gasteiger partial charge >= 0.3 is 0 Å². The highest BCUT2D eigenvalue weighted by molar-refractivity contribution is 7.20. The van der Waals surface area contributed by atoms with E-state index in [4.69, 9.17) is 5.73 Å². The number of benzene rings is 1. The predicted octanol–water partition coefficient (Wildman–Crippen LogP) is 2.55. The van der Waals surface area contributed by atoms with E-state index < -0.39 is 0 Å². The van der Waals surface area contributed by atoms with E-state index in [1.165, 1.54) is 16.7 Å². The van der Waals surface area contributed by atoms with Gasteiger partial charge in [0.25, 0.3) is 0 Å². The highest BCUT2D eigenvalue weighted by atomic mass is 32.1. The van der Waals surface area contributed by atoms with Gasteiger partial charge in [-0.3, -0.25) is 0 Å². The Balaban J connectivity index is 1.92. The summed E-state index contributed by atoms with van der Waals surface area (Å²) in [6, 6.07) is 8.11. The van der Waals surface area contributed by atoms with Crippen molar-refractivity contribution in [2.75, 3.05) is 5.73 Å². The van der Waals surface area contributed by atoms with Crippen LogP contribution in [0.15, 0.2) is 24.3 Å². The molecule has 2 heterocycles. The Hall–Kier alpha value is -1.88. The lowest BCUT2D eigenvalue weighted by Gasteiger charge is -1.99. The Morgan fingerprint density at radius 2 is 2.11 bits per heavy atom. The van der Waals surface area contributed by atoms with Crippen LogP contribution in [0.3, 0.4) is 0 Å². The summed E-state index contributed by atoms with van der Waals surface area (Å²) in [5, 5.41) is 5.46. The van der Waals surface area contributed by atoms with Crippen molar-refractivity contribution in [3.8, 4) is 5.13 Å². The smallest absolute Gasteiger partial charge is 0.213 e. The highest BCUT2D eigenvalue weighted by Gasteiger charge is 2.22. The summed E-state index contributed by atoms with van der Waals surface area (Å²) in [7, 11) is 0. The number of fused-ring (bicyclic) bond motifs is 2. The Kier molecular flexibility index (Phi) is 1.99. The molecule has 0 fully saturated rings. The van der Waals surface area contributed by atoms with Crippen LogP contribution in [0.2, 0.25) is 0 Å². The summed E-state index contributed by atoms with van der Waals surface area (Å²) in [4.78, 5) is 4.60. The topological polar surface area (TPSA) is 56.7 Å². The van der Waals surface area contributed by atoms with E-state index in [0.29, 0.717) is 0 Å². The maximum atomic E-state index is 6.18. The first-order valence-electron chi connectivity index (χ1n) is 6.05. The van der Waals surface area contributed by atoms with Crippen LogP contribution in [0.4, 0.5) is 5.82 Å². The maximum absolute atomic E-state index is 6.18. The van der Waals surface area contributed by atoms with Crippen molar-refractivity contribution >= 4 is 27.4 Å². The van der Waals surface area contributed by atoms with Gasteiger partial charge in [-0.1, -0.05) is 23.5 Å². The van der Waals surface area contributed by atoms with Gasteiger partial charge in [-0.2, -0.15) is 9.78 Å². The fourth-order valence-corrected chi connectivity index (χ4v) is 3.44. The third kappa shape index (κ3) is 1.31. The van der Waals surface area contributed by atoms with Gasteiger partial charge in [0, 0.05) is 5.56 Å². The Bertz CT molecular complexity index is 708. The first-order valence-corrected chi connectivity index (χ1v) is 6.87. The van der Waals surface area contributed by atoms with Gasteiger partial charge in [0.1, 0.15) is 5.82 Å². The van der Waals surface area contributed by atoms with Crippen LogP contribution in [0.1, 0.15) is 17.7 Å². The van der Waals surface area contributed by atoms with Gasteiger partial charge < -0.3 is 5.73 Å². The molecule has 18 heavy (non-hydrogen) atoms. The van der Waals surface area contributed by atoms with Crippen LogP contribution in [0.25, 0.3) is 15.3 Å². The molecule has 2 aromatic heterocycles. The van der Waals surface area contributed by atoms with Crippen LogP contribution in [-0.4, -0.2) is 14.8 Å². The largest absolute Gasteiger partial charge is 0.383 e. The van der Waals surface area contributed by atoms with Gasteiger partial charge in [-0.25, -0.2) is 4.98 Å². The van der Waals surface area contributed by atoms with Crippen molar-refractivity contribution < 1.29 is 0 Å². The lowest BCUT2D eigenvalue weighted by Crippen LogP contribution is -2.03. The maximum Gasteiger partial charge on any atom is 0.213 e. The molecule has 4 rings (SSSR count). The fraction of sp³-hybridized carbons (Fsp3) is 0.231. The second kappa shape index (κ2) is 3.55. The molecule has 4 nitrogen and oxygen atoms in total. The average molecular weight is 256 g/mol. The molecule has 1 aliphatic carbocycles. The molecule has 0 radical (unpaired) electrons. The van der Waals surface area contributed by atoms with Crippen LogP contribution in [-0.2, 0) is 12.8 Å². The molecular weight excluding hydrogens is 244 g/mol. The zero-order chi connectivity index (χ0) is 12.1. The van der Waals surface area contributed by atoms with Gasteiger partial charge in [-0.15, -0.1) is 0 Å². The van der Waals surface area contributed by atoms with E-state index in [2.05, 4.69) is 16.1 Å². The molecule has 90 valence electrons. The Labute approximate surface area is 108 Å². The Morgan fingerprint density at radius 3 is 2.94 bits per heavy atom. The monoisotopic (exact) mass is 256 g/mol. The van der Waals surface area contributed by atoms with Crippen LogP contribution in [0.5, 0.6) is 0 Å². The molecule has 0 spiro atoms. The number of aromatic nitrogens is 3. The van der Waals surface area contributed by atoms with Crippen molar-refractivity contribution in [2.45, 2.75) is 19.3 Å². The molecule has 5 heteroatoms. The number of nitrogens with zero attached hydrogens (tertiary/aromatic N) is 3. The van der Waals surface area contributed by atoms with Crippen molar-refractivity contribution in [1.82, 2.24) is 14.8 Å². The van der Waals surface area contributed by atoms with Crippen LogP contribution in [0, 0.1) is 0 Å². The molecule has 0 saturated carbocycles. The molecule has 3 aromatic rings. The third-order valence-corrected chi connectivity index (χ3v) is 4.42. The summed E-state index contributed by atoms with van der Waals surface area (Å²) in [5.74, 6) is 0.765. The number of hydrogen-bond donors (Lipinski definition) is 1. The van der Waals surface area contributed by atoms with E-state index in [-0.39, 0.29) is 0 Å². The minimum Gasteiger partial charge on any atom is -0.383 e. The summed E-state index contributed by atoms with van der Waals surface area (Å²) in [6.07, 6.45) is 3.26. The number of anilines is 1. The molecule has 0 unspecified atom stereocenters. The zero-order valence-corrected chi connectivity index (χ0v) is 10.6. The molecule has 0 aliphatic heterocycles. The molecule has 0 saturated heterocycles. The van der Waals surface area contributed by atoms with E-state index in [1.807, 2.05) is 18.2 Å². The van der Waals surface area contributed by atoms with E-state index in [1.54, 1.807) is 16.0 Å². The molecule has 2 N–H and O–H groups in total. The number of para-hydroxylation sites is 1. The number of rotatable bonds is 1. The summed E-state index contributed by atoms with van der Waals surface area (Å²) < 4.78 is 2.97. The average Bonchev–Trinajstić information content (AvgIpc) is 3.04. The quantitative estimate of drug-likeness (QED) is 0.728. The van der Waals surface area contributed by atoms with Gasteiger partial charge in [-0.05, 0) is 31.4 Å². The number of thiazole rings is 1. The number of aryl methyl sites for hydroxylation is 1. The van der Waals surface area contributed by atoms with Crippen molar-refractivity contribution in [3.05, 3.63) is 35.5 Å². The fourth-order valence-electron chi connectivity index (χ4n) is 2.51. The third-order valence-electron chi connectivity index (χ3n) is 3.41. The summed E-state index contributed by atoms with van der Waals surface area (Å²) in [5.41, 5.74) is 9.54. The normalized spacial score (nSPS) is 14.2. The minimum atomic E-state index is 0.765. The highest BCUT2D eigenvalue weighted by Crippen LogP contribution is 2.31. The first kappa shape index (κ1) is 10.1. The predicted molar refractivity (Wildman–Crippen MR) is 73.2 cm³/mol. The number of nitrogen functional groups attached to an aromatic ring is 1. The molecule has 0 atom stereocenters. The van der Waals surface area contributed by atoms with Gasteiger partial charge in [0.05, 0.1) is 15.9 Å². The number of nitrogens with two attached hydrogens (primary N) is 1. The lowest BCUT2D eigenvalue weighted by atomic mass is 10.3. The lowest BCUT2D eigenvalue weighted by molar-refractivity contribution is 0.805. The van der Waals surface area contributed by atoms with Crippen LogP contribution < -0.4 is 5.73 Å². The summed E-state index contributed by atoms with van der Waals surface area (Å²) in [6.45, 7) is 0. The van der Waals surface area contributed by atoms with E-state index in [9.17, 15) is 0 Å². The van der Waals surface area contributed by atoms with E-state index in [0.717, 1.165) is 35.0 Å². The molecule has 0 bridgehead atoms. The number of hydrogen-bond acceptors (Lipinski definition) is 4. The molecular formula is C13H12N4S. The summed E-state index contributed by atoms with van der Waals surface area (Å²) >= 11 is 1.63. The standard InChI is InChI=1S/C13H12N4S/c14-12-8-4-3-6-9(8)16-17(12)13-15-10-5-1-2-7-11(10)18-13/h1-2,5,7H,3-4,6,14H2.